The van der Waals surface area contributed by atoms with E-state index in [2.05, 4.69) is 28.1 Å². The van der Waals surface area contributed by atoms with E-state index in [1.54, 1.807) is 0 Å². The van der Waals surface area contributed by atoms with Crippen molar-refractivity contribution in [3.8, 4) is 0 Å². The summed E-state index contributed by atoms with van der Waals surface area (Å²) in [5, 5.41) is 0. The standard InChI is InChI=1S/C14H18N2/c1-2-9-16(10-3-1)14-6-4-5-12-11-15-8-7-13(12)14/h4-6,11H,1-3,7-10H2. The lowest BCUT2D eigenvalue weighted by Crippen LogP contribution is -2.30. The zero-order valence-corrected chi connectivity index (χ0v) is 9.65. The number of hydrogen-bond donors (Lipinski definition) is 0. The number of aliphatic imine (C=N–C) groups is 1. The van der Waals surface area contributed by atoms with Crippen LogP contribution in [0, 0.1) is 0 Å². The summed E-state index contributed by atoms with van der Waals surface area (Å²) in [6.45, 7) is 3.42. The Bertz CT molecular complexity index is 403. The Morgan fingerprint density at radius 2 is 1.94 bits per heavy atom. The van der Waals surface area contributed by atoms with E-state index >= 15 is 0 Å². The van der Waals surface area contributed by atoms with E-state index in [1.165, 1.54) is 49.2 Å². The van der Waals surface area contributed by atoms with Crippen LogP contribution in [-0.2, 0) is 6.42 Å². The van der Waals surface area contributed by atoms with Crippen LogP contribution in [0.4, 0.5) is 5.69 Å². The van der Waals surface area contributed by atoms with Gasteiger partial charge in [0.15, 0.2) is 0 Å². The highest BCUT2D eigenvalue weighted by molar-refractivity contribution is 5.85. The van der Waals surface area contributed by atoms with Crippen molar-refractivity contribution in [2.75, 3.05) is 24.5 Å². The van der Waals surface area contributed by atoms with Crippen molar-refractivity contribution in [1.29, 1.82) is 0 Å². The molecule has 2 nitrogen and oxygen atoms in total. The molecule has 1 aromatic rings. The Kier molecular flexibility index (Phi) is 2.65. The molecular weight excluding hydrogens is 196 g/mol. The van der Waals surface area contributed by atoms with E-state index < -0.39 is 0 Å². The molecule has 1 saturated heterocycles. The van der Waals surface area contributed by atoms with Gasteiger partial charge in [0.2, 0.25) is 0 Å². The zero-order chi connectivity index (χ0) is 10.8. The van der Waals surface area contributed by atoms with Crippen LogP contribution < -0.4 is 4.90 Å². The van der Waals surface area contributed by atoms with Crippen LogP contribution >= 0.6 is 0 Å². The molecule has 2 heteroatoms. The SMILES string of the molecule is C1=NCCc2c1cccc2N1CCCCC1. The highest BCUT2D eigenvalue weighted by Gasteiger charge is 2.17. The van der Waals surface area contributed by atoms with Gasteiger partial charge in [0, 0.05) is 31.5 Å². The van der Waals surface area contributed by atoms with Gasteiger partial charge in [0.1, 0.15) is 0 Å². The summed E-state index contributed by atoms with van der Waals surface area (Å²) in [7, 11) is 0. The maximum absolute atomic E-state index is 4.36. The minimum Gasteiger partial charge on any atom is -0.371 e. The molecule has 0 bridgehead atoms. The Hall–Kier alpha value is -1.31. The number of hydrogen-bond acceptors (Lipinski definition) is 2. The summed E-state index contributed by atoms with van der Waals surface area (Å²) in [4.78, 5) is 6.92. The normalized spacial score (nSPS) is 19.6. The second-order valence-corrected chi connectivity index (χ2v) is 4.68. The first-order valence-corrected chi connectivity index (χ1v) is 6.32. The summed E-state index contributed by atoms with van der Waals surface area (Å²) < 4.78 is 0. The first-order chi connectivity index (χ1) is 7.95. The van der Waals surface area contributed by atoms with Crippen LogP contribution in [0.15, 0.2) is 23.2 Å². The number of piperidine rings is 1. The third-order valence-corrected chi connectivity index (χ3v) is 3.61. The van der Waals surface area contributed by atoms with Crippen molar-refractivity contribution >= 4 is 11.9 Å². The third kappa shape index (κ3) is 1.73. The van der Waals surface area contributed by atoms with E-state index in [1.807, 2.05) is 6.21 Å². The fourth-order valence-corrected chi connectivity index (χ4v) is 2.76. The Balaban J connectivity index is 1.97. The lowest BCUT2D eigenvalue weighted by molar-refractivity contribution is 0.576. The maximum Gasteiger partial charge on any atom is 0.0430 e. The number of nitrogens with zero attached hydrogens (tertiary/aromatic N) is 2. The highest BCUT2D eigenvalue weighted by atomic mass is 15.1. The van der Waals surface area contributed by atoms with Gasteiger partial charge in [-0.15, -0.1) is 0 Å². The Morgan fingerprint density at radius 1 is 1.06 bits per heavy atom. The summed E-state index contributed by atoms with van der Waals surface area (Å²) in [5.74, 6) is 0. The van der Waals surface area contributed by atoms with Gasteiger partial charge in [0.05, 0.1) is 0 Å². The maximum atomic E-state index is 4.36. The molecule has 3 rings (SSSR count). The molecule has 84 valence electrons. The second kappa shape index (κ2) is 4.28. The summed E-state index contributed by atoms with van der Waals surface area (Å²) in [6, 6.07) is 6.63. The predicted octanol–water partition coefficient (Wildman–Crippen LogP) is 2.65. The van der Waals surface area contributed by atoms with Crippen molar-refractivity contribution in [2.24, 2.45) is 4.99 Å². The van der Waals surface area contributed by atoms with E-state index in [-0.39, 0.29) is 0 Å². The number of anilines is 1. The molecule has 1 aromatic carbocycles. The van der Waals surface area contributed by atoms with Crippen LogP contribution in [0.2, 0.25) is 0 Å². The van der Waals surface area contributed by atoms with Crippen molar-refractivity contribution < 1.29 is 0 Å². The average Bonchev–Trinajstić information content (AvgIpc) is 2.39. The first kappa shape index (κ1) is 9.88. The molecule has 0 N–H and O–H groups in total. The molecule has 2 heterocycles. The summed E-state index contributed by atoms with van der Waals surface area (Å²) in [6.07, 6.45) is 7.23. The minimum absolute atomic E-state index is 0.956. The molecule has 0 aliphatic carbocycles. The van der Waals surface area contributed by atoms with Gasteiger partial charge in [-0.25, -0.2) is 0 Å². The van der Waals surface area contributed by atoms with Crippen LogP contribution in [0.25, 0.3) is 0 Å². The van der Waals surface area contributed by atoms with Crippen LogP contribution in [-0.4, -0.2) is 25.8 Å². The van der Waals surface area contributed by atoms with E-state index in [0.717, 1.165) is 13.0 Å². The van der Waals surface area contributed by atoms with E-state index in [9.17, 15) is 0 Å². The van der Waals surface area contributed by atoms with Crippen molar-refractivity contribution in [3.05, 3.63) is 29.3 Å². The van der Waals surface area contributed by atoms with Gasteiger partial charge in [-0.05, 0) is 42.9 Å². The molecule has 0 atom stereocenters. The lowest BCUT2D eigenvalue weighted by Gasteiger charge is -2.31. The van der Waals surface area contributed by atoms with Gasteiger partial charge in [-0.1, -0.05) is 12.1 Å². The van der Waals surface area contributed by atoms with Crippen LogP contribution in [0.5, 0.6) is 0 Å². The fourth-order valence-electron chi connectivity index (χ4n) is 2.76. The molecule has 2 aliphatic rings. The molecule has 0 aromatic heterocycles. The largest absolute Gasteiger partial charge is 0.371 e. The van der Waals surface area contributed by atoms with Gasteiger partial charge >= 0.3 is 0 Å². The van der Waals surface area contributed by atoms with Crippen LogP contribution in [0.1, 0.15) is 30.4 Å². The van der Waals surface area contributed by atoms with Crippen molar-refractivity contribution in [2.45, 2.75) is 25.7 Å². The topological polar surface area (TPSA) is 15.6 Å². The second-order valence-electron chi connectivity index (χ2n) is 4.68. The first-order valence-electron chi connectivity index (χ1n) is 6.32. The molecule has 16 heavy (non-hydrogen) atoms. The summed E-state index contributed by atoms with van der Waals surface area (Å²) >= 11 is 0. The molecule has 0 amide bonds. The van der Waals surface area contributed by atoms with E-state index in [4.69, 9.17) is 0 Å². The molecule has 2 aliphatic heterocycles. The molecule has 1 fully saturated rings. The lowest BCUT2D eigenvalue weighted by atomic mass is 9.99. The Labute approximate surface area is 97.0 Å². The predicted molar refractivity (Wildman–Crippen MR) is 68.7 cm³/mol. The molecule has 0 unspecified atom stereocenters. The van der Waals surface area contributed by atoms with Gasteiger partial charge in [-0.2, -0.15) is 0 Å². The van der Waals surface area contributed by atoms with Gasteiger partial charge in [-0.3, -0.25) is 4.99 Å². The van der Waals surface area contributed by atoms with Crippen molar-refractivity contribution in [3.63, 3.8) is 0 Å². The minimum atomic E-state index is 0.956. The molecule has 0 radical (unpaired) electrons. The van der Waals surface area contributed by atoms with Gasteiger partial charge < -0.3 is 4.90 Å². The zero-order valence-electron chi connectivity index (χ0n) is 9.65. The number of rotatable bonds is 1. The number of fused-ring (bicyclic) bond motifs is 1. The average molecular weight is 214 g/mol. The Morgan fingerprint density at radius 3 is 2.81 bits per heavy atom. The van der Waals surface area contributed by atoms with Crippen LogP contribution in [0.3, 0.4) is 0 Å². The highest BCUT2D eigenvalue weighted by Crippen LogP contribution is 2.28. The molecular formula is C14H18N2. The monoisotopic (exact) mass is 214 g/mol. The van der Waals surface area contributed by atoms with Crippen molar-refractivity contribution in [1.82, 2.24) is 0 Å². The van der Waals surface area contributed by atoms with Gasteiger partial charge in [0.25, 0.3) is 0 Å². The third-order valence-electron chi connectivity index (χ3n) is 3.61. The quantitative estimate of drug-likeness (QED) is 0.701. The summed E-state index contributed by atoms with van der Waals surface area (Å²) in [5.41, 5.74) is 4.30. The molecule has 0 saturated carbocycles. The fraction of sp³-hybridized carbons (Fsp3) is 0.500. The number of benzene rings is 1. The molecule has 0 spiro atoms. The van der Waals surface area contributed by atoms with E-state index in [0.29, 0.717) is 0 Å². The smallest absolute Gasteiger partial charge is 0.0430 e.